The molecule has 0 bridgehead atoms. The van der Waals surface area contributed by atoms with Crippen molar-refractivity contribution < 1.29 is 17.9 Å². The van der Waals surface area contributed by atoms with Gasteiger partial charge in [0, 0.05) is 38.4 Å². The van der Waals surface area contributed by atoms with Gasteiger partial charge in [0.2, 0.25) is 0 Å². The van der Waals surface area contributed by atoms with Crippen molar-refractivity contribution in [3.8, 4) is 5.75 Å². The standard InChI is InChI=1S/C27H28ClN3O4S/c28-24-19-23(36(33,34)31-14-6-8-21-7-4-5-11-25(21)31)12-13-26(24)35-20-27(32)30-17-15-29(16-18-30)22-9-2-1-3-10-22/h1-5,7,9-13,19H,6,8,14-18,20H2. The Morgan fingerprint density at radius 1 is 0.889 bits per heavy atom. The molecule has 9 heteroatoms. The van der Waals surface area contributed by atoms with Crippen LogP contribution in [-0.2, 0) is 21.2 Å². The molecular weight excluding hydrogens is 498 g/mol. The molecule has 2 aliphatic rings. The second kappa shape index (κ2) is 10.4. The first-order valence-corrected chi connectivity index (χ1v) is 13.9. The van der Waals surface area contributed by atoms with Crippen molar-refractivity contribution in [2.24, 2.45) is 0 Å². The van der Waals surface area contributed by atoms with Crippen LogP contribution in [0.1, 0.15) is 12.0 Å². The highest BCUT2D eigenvalue weighted by atomic mass is 35.5. The lowest BCUT2D eigenvalue weighted by atomic mass is 10.0. The van der Waals surface area contributed by atoms with Crippen molar-refractivity contribution in [2.45, 2.75) is 17.7 Å². The number of benzene rings is 3. The summed E-state index contributed by atoms with van der Waals surface area (Å²) in [4.78, 5) is 16.8. The van der Waals surface area contributed by atoms with Gasteiger partial charge in [-0.1, -0.05) is 48.0 Å². The smallest absolute Gasteiger partial charge is 0.264 e. The number of rotatable bonds is 6. The number of piperazine rings is 1. The molecule has 0 unspecified atom stereocenters. The van der Waals surface area contributed by atoms with E-state index in [9.17, 15) is 13.2 Å². The number of fused-ring (bicyclic) bond motifs is 1. The van der Waals surface area contributed by atoms with E-state index >= 15 is 0 Å². The van der Waals surface area contributed by atoms with Gasteiger partial charge in [-0.25, -0.2) is 8.42 Å². The van der Waals surface area contributed by atoms with Crippen LogP contribution < -0.4 is 13.9 Å². The van der Waals surface area contributed by atoms with Gasteiger partial charge in [0.1, 0.15) is 5.75 Å². The summed E-state index contributed by atoms with van der Waals surface area (Å²) in [5.41, 5.74) is 2.87. The fraction of sp³-hybridized carbons (Fsp3) is 0.296. The van der Waals surface area contributed by atoms with Crippen molar-refractivity contribution in [1.82, 2.24) is 4.90 Å². The topological polar surface area (TPSA) is 70.2 Å². The van der Waals surface area contributed by atoms with Gasteiger partial charge in [-0.05, 0) is 54.8 Å². The molecule has 0 atom stereocenters. The minimum atomic E-state index is -3.78. The van der Waals surface area contributed by atoms with E-state index in [1.165, 1.54) is 22.5 Å². The van der Waals surface area contributed by atoms with E-state index in [-0.39, 0.29) is 28.2 Å². The minimum Gasteiger partial charge on any atom is -0.482 e. The second-order valence-corrected chi connectivity index (χ2v) is 11.2. The highest BCUT2D eigenvalue weighted by molar-refractivity contribution is 7.92. The minimum absolute atomic E-state index is 0.0971. The SMILES string of the molecule is O=C(COc1ccc(S(=O)(=O)N2CCCc3ccccc32)cc1Cl)N1CCN(c2ccccc2)CC1. The molecule has 0 radical (unpaired) electrons. The molecule has 0 aliphatic carbocycles. The number of para-hydroxylation sites is 2. The number of aryl methyl sites for hydroxylation is 1. The van der Waals surface area contributed by atoms with Crippen molar-refractivity contribution in [3.05, 3.63) is 83.4 Å². The van der Waals surface area contributed by atoms with Gasteiger partial charge in [-0.15, -0.1) is 0 Å². The summed E-state index contributed by atoms with van der Waals surface area (Å²) >= 11 is 6.39. The van der Waals surface area contributed by atoms with E-state index in [0.29, 0.717) is 25.3 Å². The predicted molar refractivity (Wildman–Crippen MR) is 141 cm³/mol. The summed E-state index contributed by atoms with van der Waals surface area (Å²) in [6.07, 6.45) is 1.61. The summed E-state index contributed by atoms with van der Waals surface area (Å²) in [7, 11) is -3.78. The Hall–Kier alpha value is -3.23. The molecule has 7 nitrogen and oxygen atoms in total. The number of anilines is 2. The number of halogens is 1. The van der Waals surface area contributed by atoms with Crippen molar-refractivity contribution in [1.29, 1.82) is 0 Å². The lowest BCUT2D eigenvalue weighted by molar-refractivity contribution is -0.133. The van der Waals surface area contributed by atoms with Gasteiger partial charge < -0.3 is 14.5 Å². The average molecular weight is 526 g/mol. The Kier molecular flexibility index (Phi) is 7.07. The number of sulfonamides is 1. The molecule has 0 saturated carbocycles. The van der Waals surface area contributed by atoms with Crippen LogP contribution in [0, 0.1) is 0 Å². The average Bonchev–Trinajstić information content (AvgIpc) is 2.92. The maximum absolute atomic E-state index is 13.4. The van der Waals surface area contributed by atoms with Gasteiger partial charge in [-0.2, -0.15) is 0 Å². The highest BCUT2D eigenvalue weighted by Gasteiger charge is 2.29. The zero-order valence-corrected chi connectivity index (χ0v) is 21.4. The van der Waals surface area contributed by atoms with E-state index < -0.39 is 10.0 Å². The maximum Gasteiger partial charge on any atom is 0.264 e. The Bertz CT molecular complexity index is 1340. The number of carbonyl (C=O) groups excluding carboxylic acids is 1. The predicted octanol–water partition coefficient (Wildman–Crippen LogP) is 4.21. The first-order chi connectivity index (χ1) is 17.4. The molecule has 3 aromatic rings. The summed E-state index contributed by atoms with van der Waals surface area (Å²) in [6.45, 7) is 2.99. The number of ether oxygens (including phenoxy) is 1. The molecule has 3 aromatic carbocycles. The summed E-state index contributed by atoms with van der Waals surface area (Å²) in [5.74, 6) is 0.159. The van der Waals surface area contributed by atoms with Gasteiger partial charge in [-0.3, -0.25) is 9.10 Å². The van der Waals surface area contributed by atoms with Crippen LogP contribution in [-0.4, -0.2) is 58.6 Å². The Morgan fingerprint density at radius 2 is 1.61 bits per heavy atom. The Labute approximate surface area is 216 Å². The summed E-state index contributed by atoms with van der Waals surface area (Å²) in [5, 5.41) is 0.156. The lowest BCUT2D eigenvalue weighted by Crippen LogP contribution is -2.50. The van der Waals surface area contributed by atoms with E-state index in [1.807, 2.05) is 42.5 Å². The van der Waals surface area contributed by atoms with Gasteiger partial charge in [0.25, 0.3) is 15.9 Å². The first kappa shape index (κ1) is 24.5. The quantitative estimate of drug-likeness (QED) is 0.482. The lowest BCUT2D eigenvalue weighted by Gasteiger charge is -2.36. The molecule has 1 amide bonds. The molecule has 36 heavy (non-hydrogen) atoms. The molecule has 1 saturated heterocycles. The molecule has 5 rings (SSSR count). The summed E-state index contributed by atoms with van der Waals surface area (Å²) in [6, 6.07) is 22.1. The first-order valence-electron chi connectivity index (χ1n) is 12.0. The number of amides is 1. The zero-order chi connectivity index (χ0) is 25.1. The van der Waals surface area contributed by atoms with E-state index in [2.05, 4.69) is 17.0 Å². The maximum atomic E-state index is 13.4. The van der Waals surface area contributed by atoms with Crippen LogP contribution in [0.15, 0.2) is 77.7 Å². The Morgan fingerprint density at radius 3 is 2.36 bits per heavy atom. The number of hydrogen-bond donors (Lipinski definition) is 0. The number of carbonyl (C=O) groups is 1. The van der Waals surface area contributed by atoms with E-state index in [4.69, 9.17) is 16.3 Å². The van der Waals surface area contributed by atoms with Gasteiger partial charge in [0.15, 0.2) is 6.61 Å². The third-order valence-electron chi connectivity index (χ3n) is 6.66. The molecule has 188 valence electrons. The zero-order valence-electron chi connectivity index (χ0n) is 19.8. The van der Waals surface area contributed by atoms with Crippen LogP contribution in [0.25, 0.3) is 0 Å². The van der Waals surface area contributed by atoms with Crippen molar-refractivity contribution in [2.75, 3.05) is 48.5 Å². The molecular formula is C27H28ClN3O4S. The molecule has 1 fully saturated rings. The number of hydrogen-bond acceptors (Lipinski definition) is 5. The van der Waals surface area contributed by atoms with Crippen molar-refractivity contribution >= 4 is 38.9 Å². The van der Waals surface area contributed by atoms with Gasteiger partial charge in [0.05, 0.1) is 15.6 Å². The van der Waals surface area contributed by atoms with Crippen LogP contribution in [0.4, 0.5) is 11.4 Å². The fourth-order valence-corrected chi connectivity index (χ4v) is 6.59. The van der Waals surface area contributed by atoms with Crippen LogP contribution in [0.2, 0.25) is 5.02 Å². The Balaban J connectivity index is 1.21. The monoisotopic (exact) mass is 525 g/mol. The largest absolute Gasteiger partial charge is 0.482 e. The molecule has 0 aromatic heterocycles. The molecule has 2 heterocycles. The molecule has 2 aliphatic heterocycles. The van der Waals surface area contributed by atoms with Gasteiger partial charge >= 0.3 is 0 Å². The van der Waals surface area contributed by atoms with Crippen LogP contribution >= 0.6 is 11.6 Å². The fourth-order valence-electron chi connectivity index (χ4n) is 4.72. The van der Waals surface area contributed by atoms with Crippen LogP contribution in [0.5, 0.6) is 5.75 Å². The second-order valence-electron chi connectivity index (χ2n) is 8.89. The molecule has 0 N–H and O–H groups in total. The third-order valence-corrected chi connectivity index (χ3v) is 8.77. The van der Waals surface area contributed by atoms with Crippen LogP contribution in [0.3, 0.4) is 0 Å². The normalized spacial score (nSPS) is 16.0. The highest BCUT2D eigenvalue weighted by Crippen LogP contribution is 2.34. The van der Waals surface area contributed by atoms with Crippen molar-refractivity contribution in [3.63, 3.8) is 0 Å². The number of nitrogens with zero attached hydrogens (tertiary/aromatic N) is 3. The third kappa shape index (κ3) is 5.01. The summed E-state index contributed by atoms with van der Waals surface area (Å²) < 4.78 is 33.9. The molecule has 0 spiro atoms. The van der Waals surface area contributed by atoms with E-state index in [1.54, 1.807) is 4.90 Å². The van der Waals surface area contributed by atoms with E-state index in [0.717, 1.165) is 37.2 Å².